The molecule has 17 heavy (non-hydrogen) atoms. The minimum Gasteiger partial charge on any atom is -0.397 e. The van der Waals surface area contributed by atoms with Gasteiger partial charge in [0, 0.05) is 21.8 Å². The fourth-order valence-electron chi connectivity index (χ4n) is 1.70. The minimum atomic E-state index is 0.366. The van der Waals surface area contributed by atoms with Crippen LogP contribution in [-0.4, -0.2) is 6.04 Å². The third kappa shape index (κ3) is 3.48. The topological polar surface area (TPSA) is 38.0 Å². The maximum atomic E-state index is 5.93. The number of halogens is 1. The van der Waals surface area contributed by atoms with Crippen LogP contribution in [0.4, 0.5) is 11.4 Å². The van der Waals surface area contributed by atoms with Gasteiger partial charge in [-0.3, -0.25) is 0 Å². The first kappa shape index (κ1) is 12.5. The molecule has 2 nitrogen and oxygen atoms in total. The molecule has 0 fully saturated rings. The monoisotopic (exact) mass is 310 g/mol. The van der Waals surface area contributed by atoms with Gasteiger partial charge in [-0.2, -0.15) is 0 Å². The van der Waals surface area contributed by atoms with Gasteiger partial charge in [0.1, 0.15) is 0 Å². The van der Waals surface area contributed by atoms with Gasteiger partial charge >= 0.3 is 0 Å². The zero-order chi connectivity index (χ0) is 12.3. The fraction of sp³-hybridized carbons (Fsp3) is 0.231. The third-order valence-corrected chi connectivity index (χ3v) is 3.90. The predicted octanol–water partition coefficient (Wildman–Crippen LogP) is 4.14. The Kier molecular flexibility index (Phi) is 4.07. The standard InChI is InChI=1S/C13H15BrN2S/c1-9(7-11-3-2-6-17-11)16-13-8-10(14)4-5-12(13)15/h2-6,8-9,16H,7,15H2,1H3. The number of hydrogen-bond acceptors (Lipinski definition) is 3. The second kappa shape index (κ2) is 5.56. The molecule has 4 heteroatoms. The van der Waals surface area contributed by atoms with Gasteiger partial charge in [-0.05, 0) is 36.6 Å². The lowest BCUT2D eigenvalue weighted by molar-refractivity contribution is 0.801. The summed E-state index contributed by atoms with van der Waals surface area (Å²) in [6.07, 6.45) is 1.02. The highest BCUT2D eigenvalue weighted by Gasteiger charge is 2.06. The average Bonchev–Trinajstić information content (AvgIpc) is 2.76. The molecule has 2 rings (SSSR count). The Bertz CT molecular complexity index is 482. The van der Waals surface area contributed by atoms with E-state index in [2.05, 4.69) is 45.7 Å². The maximum Gasteiger partial charge on any atom is 0.0587 e. The van der Waals surface area contributed by atoms with E-state index in [-0.39, 0.29) is 0 Å². The summed E-state index contributed by atoms with van der Waals surface area (Å²) in [6, 6.07) is 10.5. The lowest BCUT2D eigenvalue weighted by atomic mass is 10.2. The Labute approximate surface area is 114 Å². The van der Waals surface area contributed by atoms with Crippen LogP contribution in [0.2, 0.25) is 0 Å². The molecule has 0 radical (unpaired) electrons. The first-order valence-electron chi connectivity index (χ1n) is 5.49. The Morgan fingerprint density at radius 3 is 2.94 bits per heavy atom. The molecule has 0 saturated heterocycles. The molecule has 0 saturated carbocycles. The van der Waals surface area contributed by atoms with Gasteiger partial charge in [-0.25, -0.2) is 0 Å². The van der Waals surface area contributed by atoms with E-state index in [1.54, 1.807) is 11.3 Å². The number of anilines is 2. The molecule has 0 aliphatic carbocycles. The SMILES string of the molecule is CC(Cc1cccs1)Nc1cc(Br)ccc1N. The van der Waals surface area contributed by atoms with Crippen molar-refractivity contribution in [3.63, 3.8) is 0 Å². The van der Waals surface area contributed by atoms with E-state index < -0.39 is 0 Å². The quantitative estimate of drug-likeness (QED) is 0.833. The van der Waals surface area contributed by atoms with Gasteiger partial charge in [0.2, 0.25) is 0 Å². The van der Waals surface area contributed by atoms with E-state index in [1.807, 2.05) is 18.2 Å². The van der Waals surface area contributed by atoms with Crippen LogP contribution >= 0.6 is 27.3 Å². The molecule has 0 bridgehead atoms. The molecule has 1 atom stereocenters. The van der Waals surface area contributed by atoms with E-state index in [9.17, 15) is 0 Å². The van der Waals surface area contributed by atoms with Crippen LogP contribution < -0.4 is 11.1 Å². The number of nitrogens with one attached hydrogen (secondary N) is 1. The number of benzene rings is 1. The number of hydrogen-bond donors (Lipinski definition) is 2. The van der Waals surface area contributed by atoms with Gasteiger partial charge in [0.25, 0.3) is 0 Å². The molecule has 2 aromatic rings. The van der Waals surface area contributed by atoms with Gasteiger partial charge in [0.15, 0.2) is 0 Å². The number of nitrogens with two attached hydrogens (primary N) is 1. The van der Waals surface area contributed by atoms with Crippen LogP contribution in [0.5, 0.6) is 0 Å². The molecule has 0 aliphatic heterocycles. The van der Waals surface area contributed by atoms with Crippen LogP contribution in [0.3, 0.4) is 0 Å². The largest absolute Gasteiger partial charge is 0.397 e. The second-order valence-electron chi connectivity index (χ2n) is 4.06. The number of thiophene rings is 1. The average molecular weight is 311 g/mol. The fourth-order valence-corrected chi connectivity index (χ4v) is 2.90. The smallest absolute Gasteiger partial charge is 0.0587 e. The zero-order valence-corrected chi connectivity index (χ0v) is 12.0. The maximum absolute atomic E-state index is 5.93. The van der Waals surface area contributed by atoms with Gasteiger partial charge in [-0.15, -0.1) is 11.3 Å². The molecular formula is C13H15BrN2S. The molecule has 1 unspecified atom stereocenters. The molecular weight excluding hydrogens is 296 g/mol. The van der Waals surface area contributed by atoms with Crippen molar-refractivity contribution in [3.05, 3.63) is 45.1 Å². The van der Waals surface area contributed by atoms with Crippen molar-refractivity contribution in [1.82, 2.24) is 0 Å². The van der Waals surface area contributed by atoms with Crippen molar-refractivity contribution in [3.8, 4) is 0 Å². The predicted molar refractivity (Wildman–Crippen MR) is 79.7 cm³/mol. The van der Waals surface area contributed by atoms with Crippen LogP contribution in [0.15, 0.2) is 40.2 Å². The summed E-state index contributed by atoms with van der Waals surface area (Å²) >= 11 is 5.24. The molecule has 1 aromatic carbocycles. The van der Waals surface area contributed by atoms with Crippen molar-refractivity contribution in [2.75, 3.05) is 11.1 Å². The van der Waals surface area contributed by atoms with Gasteiger partial charge in [-0.1, -0.05) is 22.0 Å². The summed E-state index contributed by atoms with van der Waals surface area (Å²) in [6.45, 7) is 2.17. The minimum absolute atomic E-state index is 0.366. The molecule has 1 aromatic heterocycles. The van der Waals surface area contributed by atoms with Crippen molar-refractivity contribution >= 4 is 38.6 Å². The van der Waals surface area contributed by atoms with Crippen LogP contribution in [0.1, 0.15) is 11.8 Å². The summed E-state index contributed by atoms with van der Waals surface area (Å²) in [5, 5.41) is 5.55. The summed E-state index contributed by atoms with van der Waals surface area (Å²) in [4.78, 5) is 1.39. The first-order valence-corrected chi connectivity index (χ1v) is 7.16. The zero-order valence-electron chi connectivity index (χ0n) is 9.61. The van der Waals surface area contributed by atoms with E-state index in [1.165, 1.54) is 4.88 Å². The molecule has 0 aliphatic rings. The van der Waals surface area contributed by atoms with E-state index in [0.717, 1.165) is 22.3 Å². The van der Waals surface area contributed by atoms with E-state index in [0.29, 0.717) is 6.04 Å². The summed E-state index contributed by atoms with van der Waals surface area (Å²) in [7, 11) is 0. The Balaban J connectivity index is 2.02. The molecule has 0 amide bonds. The lowest BCUT2D eigenvalue weighted by Gasteiger charge is -2.16. The van der Waals surface area contributed by atoms with Gasteiger partial charge < -0.3 is 11.1 Å². The molecule has 3 N–H and O–H groups in total. The van der Waals surface area contributed by atoms with Crippen molar-refractivity contribution < 1.29 is 0 Å². The second-order valence-corrected chi connectivity index (χ2v) is 6.01. The molecule has 1 heterocycles. The summed E-state index contributed by atoms with van der Waals surface area (Å²) in [5.41, 5.74) is 7.70. The first-order chi connectivity index (χ1) is 8.15. The summed E-state index contributed by atoms with van der Waals surface area (Å²) in [5.74, 6) is 0. The Hall–Kier alpha value is -1.00. The molecule has 90 valence electrons. The Morgan fingerprint density at radius 1 is 1.41 bits per heavy atom. The third-order valence-electron chi connectivity index (χ3n) is 2.50. The highest BCUT2D eigenvalue weighted by atomic mass is 79.9. The highest BCUT2D eigenvalue weighted by molar-refractivity contribution is 9.10. The van der Waals surface area contributed by atoms with E-state index in [4.69, 9.17) is 5.73 Å². The summed E-state index contributed by atoms with van der Waals surface area (Å²) < 4.78 is 1.04. The molecule has 0 spiro atoms. The van der Waals surface area contributed by atoms with Crippen molar-refractivity contribution in [2.45, 2.75) is 19.4 Å². The van der Waals surface area contributed by atoms with Crippen LogP contribution in [-0.2, 0) is 6.42 Å². The van der Waals surface area contributed by atoms with Crippen molar-refractivity contribution in [2.24, 2.45) is 0 Å². The Morgan fingerprint density at radius 2 is 2.24 bits per heavy atom. The normalized spacial score (nSPS) is 12.4. The number of rotatable bonds is 4. The van der Waals surface area contributed by atoms with E-state index >= 15 is 0 Å². The van der Waals surface area contributed by atoms with Crippen LogP contribution in [0, 0.1) is 0 Å². The van der Waals surface area contributed by atoms with Crippen molar-refractivity contribution in [1.29, 1.82) is 0 Å². The van der Waals surface area contributed by atoms with Gasteiger partial charge in [0.05, 0.1) is 11.4 Å². The highest BCUT2D eigenvalue weighted by Crippen LogP contribution is 2.24. The van der Waals surface area contributed by atoms with Crippen LogP contribution in [0.25, 0.3) is 0 Å². The lowest BCUT2D eigenvalue weighted by Crippen LogP contribution is -2.18. The number of nitrogen functional groups attached to an aromatic ring is 1.